The SMILES string of the molecule is CC=CCOc1cc(CO)c2ccccc2n1. The molecule has 0 radical (unpaired) electrons. The summed E-state index contributed by atoms with van der Waals surface area (Å²) in [4.78, 5) is 4.39. The normalized spacial score (nSPS) is 11.2. The van der Waals surface area contributed by atoms with Crippen LogP contribution in [0.15, 0.2) is 42.5 Å². The average Bonchev–Trinajstić information content (AvgIpc) is 2.38. The van der Waals surface area contributed by atoms with Crippen molar-refractivity contribution in [3.8, 4) is 5.88 Å². The van der Waals surface area contributed by atoms with Crippen molar-refractivity contribution < 1.29 is 9.84 Å². The first-order chi connectivity index (χ1) is 8.35. The van der Waals surface area contributed by atoms with Crippen molar-refractivity contribution in [1.82, 2.24) is 4.98 Å². The molecule has 17 heavy (non-hydrogen) atoms. The number of benzene rings is 1. The van der Waals surface area contributed by atoms with Crippen LogP contribution in [0.25, 0.3) is 10.9 Å². The number of ether oxygens (including phenoxy) is 1. The van der Waals surface area contributed by atoms with Gasteiger partial charge in [-0.25, -0.2) is 4.98 Å². The van der Waals surface area contributed by atoms with Crippen LogP contribution in [-0.4, -0.2) is 16.7 Å². The predicted molar refractivity (Wildman–Crippen MR) is 68.0 cm³/mol. The first-order valence-electron chi connectivity index (χ1n) is 5.58. The molecule has 0 atom stereocenters. The molecular weight excluding hydrogens is 214 g/mol. The summed E-state index contributed by atoms with van der Waals surface area (Å²) in [6.07, 6.45) is 3.84. The molecule has 0 amide bonds. The van der Waals surface area contributed by atoms with Crippen LogP contribution in [0, 0.1) is 0 Å². The first kappa shape index (κ1) is 11.6. The Balaban J connectivity index is 2.38. The van der Waals surface area contributed by atoms with E-state index < -0.39 is 0 Å². The summed E-state index contributed by atoms with van der Waals surface area (Å²) in [6, 6.07) is 9.50. The quantitative estimate of drug-likeness (QED) is 0.819. The van der Waals surface area contributed by atoms with Gasteiger partial charge in [-0.05, 0) is 18.6 Å². The molecule has 1 aromatic heterocycles. The number of allylic oxidation sites excluding steroid dienone is 1. The van der Waals surface area contributed by atoms with Gasteiger partial charge in [0.1, 0.15) is 6.61 Å². The lowest BCUT2D eigenvalue weighted by atomic mass is 10.1. The lowest BCUT2D eigenvalue weighted by molar-refractivity contribution is 0.281. The van der Waals surface area contributed by atoms with E-state index in [0.29, 0.717) is 12.5 Å². The summed E-state index contributed by atoms with van der Waals surface area (Å²) in [5.41, 5.74) is 1.68. The number of hydrogen-bond donors (Lipinski definition) is 1. The van der Waals surface area contributed by atoms with Crippen molar-refractivity contribution in [2.24, 2.45) is 0 Å². The molecule has 0 saturated heterocycles. The lowest BCUT2D eigenvalue weighted by Crippen LogP contribution is -1.98. The smallest absolute Gasteiger partial charge is 0.214 e. The maximum atomic E-state index is 9.33. The second-order valence-electron chi connectivity index (χ2n) is 3.67. The Morgan fingerprint density at radius 1 is 1.35 bits per heavy atom. The fourth-order valence-corrected chi connectivity index (χ4v) is 1.65. The van der Waals surface area contributed by atoms with Crippen LogP contribution in [0.5, 0.6) is 5.88 Å². The van der Waals surface area contributed by atoms with E-state index in [1.54, 1.807) is 6.07 Å². The maximum absolute atomic E-state index is 9.33. The number of aromatic nitrogens is 1. The topological polar surface area (TPSA) is 42.4 Å². The Labute approximate surface area is 100 Å². The number of para-hydroxylation sites is 1. The van der Waals surface area contributed by atoms with E-state index in [2.05, 4.69) is 4.98 Å². The third-order valence-electron chi connectivity index (χ3n) is 2.51. The molecule has 3 heteroatoms. The number of aliphatic hydroxyl groups is 1. The molecule has 2 aromatic rings. The Kier molecular flexibility index (Phi) is 3.73. The zero-order valence-electron chi connectivity index (χ0n) is 9.76. The Morgan fingerprint density at radius 3 is 2.94 bits per heavy atom. The largest absolute Gasteiger partial charge is 0.473 e. The lowest BCUT2D eigenvalue weighted by Gasteiger charge is -2.07. The molecule has 0 bridgehead atoms. The Hall–Kier alpha value is -1.87. The van der Waals surface area contributed by atoms with Gasteiger partial charge in [0.15, 0.2) is 0 Å². The number of hydrogen-bond acceptors (Lipinski definition) is 3. The molecule has 0 aliphatic heterocycles. The van der Waals surface area contributed by atoms with E-state index in [4.69, 9.17) is 4.74 Å². The Morgan fingerprint density at radius 2 is 2.18 bits per heavy atom. The molecule has 0 spiro atoms. The number of aliphatic hydroxyl groups excluding tert-OH is 1. The molecular formula is C14H15NO2. The minimum absolute atomic E-state index is 0.0109. The minimum atomic E-state index is -0.0109. The molecule has 88 valence electrons. The summed E-state index contributed by atoms with van der Waals surface area (Å²) >= 11 is 0. The van der Waals surface area contributed by atoms with E-state index in [1.807, 2.05) is 43.3 Å². The van der Waals surface area contributed by atoms with Crippen LogP contribution < -0.4 is 4.74 Å². The fourth-order valence-electron chi connectivity index (χ4n) is 1.65. The van der Waals surface area contributed by atoms with E-state index in [0.717, 1.165) is 16.5 Å². The summed E-state index contributed by atoms with van der Waals surface area (Å²) in [5.74, 6) is 0.547. The standard InChI is InChI=1S/C14H15NO2/c1-2-3-8-17-14-9-11(10-16)12-6-4-5-7-13(12)15-14/h2-7,9,16H,8,10H2,1H3. The molecule has 1 N–H and O–H groups in total. The van der Waals surface area contributed by atoms with Crippen LogP contribution >= 0.6 is 0 Å². The Bertz CT molecular complexity index is 535. The molecule has 2 rings (SSSR count). The minimum Gasteiger partial charge on any atom is -0.473 e. The van der Waals surface area contributed by atoms with Gasteiger partial charge in [0.2, 0.25) is 5.88 Å². The molecule has 0 aliphatic carbocycles. The highest BCUT2D eigenvalue weighted by atomic mass is 16.5. The van der Waals surface area contributed by atoms with Gasteiger partial charge >= 0.3 is 0 Å². The van der Waals surface area contributed by atoms with Gasteiger partial charge in [0, 0.05) is 11.5 Å². The van der Waals surface area contributed by atoms with Gasteiger partial charge in [0.25, 0.3) is 0 Å². The number of nitrogens with zero attached hydrogens (tertiary/aromatic N) is 1. The van der Waals surface area contributed by atoms with Gasteiger partial charge in [-0.2, -0.15) is 0 Å². The average molecular weight is 229 g/mol. The third kappa shape index (κ3) is 2.63. The van der Waals surface area contributed by atoms with E-state index in [1.165, 1.54) is 0 Å². The van der Waals surface area contributed by atoms with Crippen LogP contribution in [0.2, 0.25) is 0 Å². The monoisotopic (exact) mass is 229 g/mol. The molecule has 0 aliphatic rings. The van der Waals surface area contributed by atoms with Crippen molar-refractivity contribution in [3.63, 3.8) is 0 Å². The van der Waals surface area contributed by atoms with Gasteiger partial charge < -0.3 is 9.84 Å². The van der Waals surface area contributed by atoms with Crippen molar-refractivity contribution in [2.45, 2.75) is 13.5 Å². The zero-order chi connectivity index (χ0) is 12.1. The van der Waals surface area contributed by atoms with Crippen LogP contribution in [-0.2, 0) is 6.61 Å². The van der Waals surface area contributed by atoms with Crippen molar-refractivity contribution in [1.29, 1.82) is 0 Å². The summed E-state index contributed by atoms with van der Waals surface area (Å²) in [5, 5.41) is 10.3. The highest BCUT2D eigenvalue weighted by molar-refractivity contribution is 5.82. The second-order valence-corrected chi connectivity index (χ2v) is 3.67. The van der Waals surface area contributed by atoms with Crippen LogP contribution in [0.1, 0.15) is 12.5 Å². The molecule has 0 unspecified atom stereocenters. The van der Waals surface area contributed by atoms with Crippen molar-refractivity contribution in [3.05, 3.63) is 48.0 Å². The van der Waals surface area contributed by atoms with E-state index in [-0.39, 0.29) is 6.61 Å². The second kappa shape index (κ2) is 5.46. The van der Waals surface area contributed by atoms with E-state index >= 15 is 0 Å². The van der Waals surface area contributed by atoms with Crippen LogP contribution in [0.3, 0.4) is 0 Å². The van der Waals surface area contributed by atoms with Crippen molar-refractivity contribution in [2.75, 3.05) is 6.61 Å². The number of fused-ring (bicyclic) bond motifs is 1. The number of pyridine rings is 1. The van der Waals surface area contributed by atoms with E-state index in [9.17, 15) is 5.11 Å². The van der Waals surface area contributed by atoms with Gasteiger partial charge in [-0.3, -0.25) is 0 Å². The summed E-state index contributed by atoms with van der Waals surface area (Å²) < 4.78 is 5.49. The summed E-state index contributed by atoms with van der Waals surface area (Å²) in [7, 11) is 0. The first-order valence-corrected chi connectivity index (χ1v) is 5.58. The van der Waals surface area contributed by atoms with Crippen molar-refractivity contribution >= 4 is 10.9 Å². The van der Waals surface area contributed by atoms with Gasteiger partial charge in [-0.15, -0.1) is 0 Å². The maximum Gasteiger partial charge on any atom is 0.214 e. The van der Waals surface area contributed by atoms with Gasteiger partial charge in [0.05, 0.1) is 12.1 Å². The third-order valence-corrected chi connectivity index (χ3v) is 2.51. The van der Waals surface area contributed by atoms with Gasteiger partial charge in [-0.1, -0.05) is 30.4 Å². The predicted octanol–water partition coefficient (Wildman–Crippen LogP) is 2.68. The summed E-state index contributed by atoms with van der Waals surface area (Å²) in [6.45, 7) is 2.42. The van der Waals surface area contributed by atoms with Crippen LogP contribution in [0.4, 0.5) is 0 Å². The fraction of sp³-hybridized carbons (Fsp3) is 0.214. The highest BCUT2D eigenvalue weighted by Crippen LogP contribution is 2.21. The molecule has 1 aromatic carbocycles. The molecule has 1 heterocycles. The number of rotatable bonds is 4. The highest BCUT2D eigenvalue weighted by Gasteiger charge is 2.04. The molecule has 0 saturated carbocycles. The zero-order valence-corrected chi connectivity index (χ0v) is 9.76. The molecule has 3 nitrogen and oxygen atoms in total. The molecule has 0 fully saturated rings.